The molecular weight excluding hydrogens is 462 g/mol. The smallest absolute Gasteiger partial charge is 0.264 e. The number of carbonyl (C=O) groups excluding carboxylic acids is 2. The Hall–Kier alpha value is -3.16. The molecule has 7 heteroatoms. The van der Waals surface area contributed by atoms with Gasteiger partial charge in [-0.05, 0) is 35.9 Å². The van der Waals surface area contributed by atoms with E-state index < -0.39 is 11.5 Å². The zero-order valence-corrected chi connectivity index (χ0v) is 18.0. The van der Waals surface area contributed by atoms with E-state index in [0.717, 1.165) is 10.0 Å². The highest BCUT2D eigenvalue weighted by Crippen LogP contribution is 2.44. The molecule has 3 aromatic rings. The molecule has 2 heterocycles. The average molecular weight is 480 g/mol. The van der Waals surface area contributed by atoms with Crippen molar-refractivity contribution in [2.24, 2.45) is 0 Å². The highest BCUT2D eigenvalue weighted by molar-refractivity contribution is 9.10. The maximum atomic E-state index is 13.4. The number of fused-ring (bicyclic) bond motifs is 2. The number of ether oxygens (including phenoxy) is 2. The molecule has 2 aliphatic heterocycles. The van der Waals surface area contributed by atoms with Crippen LogP contribution in [0.25, 0.3) is 0 Å². The maximum absolute atomic E-state index is 13.4. The summed E-state index contributed by atoms with van der Waals surface area (Å²) in [5.41, 5.74) is 0.381. The van der Waals surface area contributed by atoms with Gasteiger partial charge in [0.15, 0.2) is 22.9 Å². The number of halogens is 1. The summed E-state index contributed by atoms with van der Waals surface area (Å²) in [6.45, 7) is 0.406. The number of nitrogens with zero attached hydrogens (tertiary/aromatic N) is 1. The first-order valence-corrected chi connectivity index (χ1v) is 10.6. The van der Waals surface area contributed by atoms with Gasteiger partial charge in [0.2, 0.25) is 6.79 Å². The van der Waals surface area contributed by atoms with Crippen molar-refractivity contribution < 1.29 is 24.2 Å². The zero-order chi connectivity index (χ0) is 21.6. The normalized spacial score (nSPS) is 18.9. The van der Waals surface area contributed by atoms with Gasteiger partial charge in [0.1, 0.15) is 0 Å². The van der Waals surface area contributed by atoms with E-state index in [0.29, 0.717) is 28.3 Å². The van der Waals surface area contributed by atoms with E-state index >= 15 is 0 Å². The van der Waals surface area contributed by atoms with Crippen LogP contribution in [0.3, 0.4) is 0 Å². The minimum absolute atomic E-state index is 0.169. The molecule has 2 aliphatic rings. The third-order valence-electron chi connectivity index (χ3n) is 5.60. The molecule has 0 radical (unpaired) electrons. The van der Waals surface area contributed by atoms with Gasteiger partial charge in [-0.3, -0.25) is 9.59 Å². The molecule has 0 saturated carbocycles. The Morgan fingerprint density at radius 1 is 1.03 bits per heavy atom. The summed E-state index contributed by atoms with van der Waals surface area (Å²) in [5.74, 6) is 0.464. The highest BCUT2D eigenvalue weighted by atomic mass is 79.9. The highest BCUT2D eigenvalue weighted by Gasteiger charge is 2.50. The molecule has 0 saturated heterocycles. The second-order valence-electron chi connectivity index (χ2n) is 7.56. The fraction of sp³-hybridized carbons (Fsp3) is 0.167. The Kier molecular flexibility index (Phi) is 4.79. The van der Waals surface area contributed by atoms with Gasteiger partial charge >= 0.3 is 0 Å². The minimum atomic E-state index is -1.92. The fourth-order valence-corrected chi connectivity index (χ4v) is 4.29. The van der Waals surface area contributed by atoms with E-state index in [9.17, 15) is 14.7 Å². The molecule has 1 amide bonds. The van der Waals surface area contributed by atoms with Crippen LogP contribution in [0, 0.1) is 0 Å². The SMILES string of the molecule is O=C(C[C@@]1(O)C(=O)N(Cc2ccc3c(c2)OCO3)c2ccccc21)c1ccc(Br)cc1. The quantitative estimate of drug-likeness (QED) is 0.555. The Bertz CT molecular complexity index is 1190. The standard InChI is InChI=1S/C24H18BrNO5/c25-17-8-6-16(7-9-17)20(27)12-24(29)18-3-1-2-4-19(18)26(23(24)28)13-15-5-10-21-22(11-15)31-14-30-21/h1-11,29H,12-14H2/t24-/m0/s1. The molecule has 5 rings (SSSR count). The topological polar surface area (TPSA) is 76.1 Å². The molecule has 1 atom stereocenters. The fourth-order valence-electron chi connectivity index (χ4n) is 4.03. The van der Waals surface area contributed by atoms with Crippen LogP contribution in [0.4, 0.5) is 5.69 Å². The lowest BCUT2D eigenvalue weighted by Crippen LogP contribution is -2.41. The number of anilines is 1. The second-order valence-corrected chi connectivity index (χ2v) is 8.48. The lowest BCUT2D eigenvalue weighted by Gasteiger charge is -2.23. The number of rotatable bonds is 5. The monoisotopic (exact) mass is 479 g/mol. The van der Waals surface area contributed by atoms with Crippen LogP contribution in [-0.2, 0) is 16.9 Å². The molecule has 31 heavy (non-hydrogen) atoms. The Morgan fingerprint density at radius 3 is 2.58 bits per heavy atom. The van der Waals surface area contributed by atoms with Crippen molar-refractivity contribution in [3.8, 4) is 11.5 Å². The summed E-state index contributed by atoms with van der Waals surface area (Å²) in [6, 6.07) is 19.4. The van der Waals surface area contributed by atoms with Gasteiger partial charge in [-0.25, -0.2) is 0 Å². The number of aliphatic hydroxyl groups is 1. The Balaban J connectivity index is 1.46. The number of hydrogen-bond donors (Lipinski definition) is 1. The number of benzene rings is 3. The molecule has 0 aromatic heterocycles. The summed E-state index contributed by atoms with van der Waals surface area (Å²) in [5, 5.41) is 11.4. The predicted octanol–water partition coefficient (Wildman–Crippen LogP) is 4.19. The van der Waals surface area contributed by atoms with Gasteiger partial charge in [-0.15, -0.1) is 0 Å². The number of ketones is 1. The Morgan fingerprint density at radius 2 is 1.77 bits per heavy atom. The van der Waals surface area contributed by atoms with Gasteiger partial charge in [0.05, 0.1) is 18.7 Å². The first-order chi connectivity index (χ1) is 15.0. The van der Waals surface area contributed by atoms with Crippen LogP contribution in [0.2, 0.25) is 0 Å². The van der Waals surface area contributed by atoms with Crippen LogP contribution in [-0.4, -0.2) is 23.6 Å². The van der Waals surface area contributed by atoms with Gasteiger partial charge in [0.25, 0.3) is 5.91 Å². The van der Waals surface area contributed by atoms with E-state index in [4.69, 9.17) is 9.47 Å². The summed E-state index contributed by atoms with van der Waals surface area (Å²) in [7, 11) is 0. The second kappa shape index (κ2) is 7.51. The zero-order valence-electron chi connectivity index (χ0n) is 16.4. The van der Waals surface area contributed by atoms with E-state index in [2.05, 4.69) is 15.9 Å². The first-order valence-electron chi connectivity index (χ1n) is 9.77. The number of para-hydroxylation sites is 1. The molecule has 0 aliphatic carbocycles. The van der Waals surface area contributed by atoms with E-state index in [-0.39, 0.29) is 25.5 Å². The minimum Gasteiger partial charge on any atom is -0.454 e. The molecule has 0 unspecified atom stereocenters. The van der Waals surface area contributed by atoms with Crippen molar-refractivity contribution in [3.05, 3.63) is 87.9 Å². The van der Waals surface area contributed by atoms with Gasteiger partial charge in [0, 0.05) is 15.6 Å². The van der Waals surface area contributed by atoms with E-state index in [1.54, 1.807) is 54.6 Å². The largest absolute Gasteiger partial charge is 0.454 e. The van der Waals surface area contributed by atoms with Crippen molar-refractivity contribution >= 4 is 33.3 Å². The summed E-state index contributed by atoms with van der Waals surface area (Å²) in [4.78, 5) is 27.8. The van der Waals surface area contributed by atoms with Crippen LogP contribution in [0.5, 0.6) is 11.5 Å². The summed E-state index contributed by atoms with van der Waals surface area (Å²) >= 11 is 3.34. The molecule has 1 N–H and O–H groups in total. The van der Waals surface area contributed by atoms with Crippen molar-refractivity contribution in [2.75, 3.05) is 11.7 Å². The summed E-state index contributed by atoms with van der Waals surface area (Å²) in [6.07, 6.45) is -0.331. The van der Waals surface area contributed by atoms with Crippen LogP contribution >= 0.6 is 15.9 Å². The molecule has 3 aromatic carbocycles. The van der Waals surface area contributed by atoms with Gasteiger partial charge in [-0.2, -0.15) is 0 Å². The number of carbonyl (C=O) groups is 2. The van der Waals surface area contributed by atoms with Crippen molar-refractivity contribution in [2.45, 2.75) is 18.6 Å². The number of hydrogen-bond acceptors (Lipinski definition) is 5. The van der Waals surface area contributed by atoms with Gasteiger partial charge in [-0.1, -0.05) is 52.3 Å². The molecule has 0 spiro atoms. The molecular formula is C24H18BrNO5. The van der Waals surface area contributed by atoms with Crippen molar-refractivity contribution in [3.63, 3.8) is 0 Å². The number of Topliss-reactive ketones (excluding diaryl/α,β-unsaturated/α-hetero) is 1. The molecule has 156 valence electrons. The third-order valence-corrected chi connectivity index (χ3v) is 6.13. The predicted molar refractivity (Wildman–Crippen MR) is 117 cm³/mol. The number of amides is 1. The summed E-state index contributed by atoms with van der Waals surface area (Å²) < 4.78 is 11.6. The van der Waals surface area contributed by atoms with Crippen molar-refractivity contribution in [1.82, 2.24) is 0 Å². The van der Waals surface area contributed by atoms with E-state index in [1.165, 1.54) is 4.90 Å². The molecule has 0 fully saturated rings. The third kappa shape index (κ3) is 3.40. The van der Waals surface area contributed by atoms with Crippen LogP contribution in [0.1, 0.15) is 27.9 Å². The van der Waals surface area contributed by atoms with Crippen molar-refractivity contribution in [1.29, 1.82) is 0 Å². The van der Waals surface area contributed by atoms with E-state index in [1.807, 2.05) is 12.1 Å². The lowest BCUT2D eigenvalue weighted by molar-refractivity contribution is -0.136. The maximum Gasteiger partial charge on any atom is 0.264 e. The van der Waals surface area contributed by atoms with Crippen LogP contribution < -0.4 is 14.4 Å². The lowest BCUT2D eigenvalue weighted by atomic mass is 9.88. The molecule has 0 bridgehead atoms. The first kappa shape index (κ1) is 19.8. The van der Waals surface area contributed by atoms with Crippen LogP contribution in [0.15, 0.2) is 71.2 Å². The Labute approximate surface area is 187 Å². The molecule has 6 nitrogen and oxygen atoms in total. The average Bonchev–Trinajstić information content (AvgIpc) is 3.32. The van der Waals surface area contributed by atoms with Gasteiger partial charge < -0.3 is 19.5 Å².